The number of hydrogen-bond acceptors (Lipinski definition) is 1. The Balaban J connectivity index is 1.07. The van der Waals surface area contributed by atoms with Gasteiger partial charge in [-0.2, -0.15) is 0 Å². The number of fused-ring (bicyclic) bond motifs is 8. The van der Waals surface area contributed by atoms with E-state index in [2.05, 4.69) is 204 Å². The number of para-hydroxylation sites is 3. The Hall–Kier alpha value is -6.64. The number of rotatable bonds is 5. The first-order valence-corrected chi connectivity index (χ1v) is 17.2. The maximum Gasteiger partial charge on any atom is 0.0546 e. The van der Waals surface area contributed by atoms with Gasteiger partial charge in [-0.15, -0.1) is 0 Å². The molecule has 2 heteroatoms. The second-order valence-electron chi connectivity index (χ2n) is 13.0. The molecule has 234 valence electrons. The molecule has 0 saturated heterocycles. The van der Waals surface area contributed by atoms with Crippen LogP contribution in [-0.4, -0.2) is 4.57 Å². The first-order chi connectivity index (χ1) is 24.8. The molecule has 9 aromatic carbocycles. The van der Waals surface area contributed by atoms with Crippen LogP contribution in [0.3, 0.4) is 0 Å². The molecular formula is C48H32N2. The van der Waals surface area contributed by atoms with Gasteiger partial charge < -0.3 is 9.47 Å². The number of nitrogens with zero attached hydrogens (tertiary/aromatic N) is 2. The van der Waals surface area contributed by atoms with Crippen LogP contribution in [0, 0.1) is 0 Å². The third-order valence-electron chi connectivity index (χ3n) is 10.1. The van der Waals surface area contributed by atoms with Crippen molar-refractivity contribution in [2.24, 2.45) is 0 Å². The first kappa shape index (κ1) is 28.4. The second-order valence-corrected chi connectivity index (χ2v) is 13.0. The maximum absolute atomic E-state index is 2.39. The summed E-state index contributed by atoms with van der Waals surface area (Å²) in [4.78, 5) is 2.39. The number of anilines is 3. The number of benzene rings is 9. The monoisotopic (exact) mass is 636 g/mol. The predicted molar refractivity (Wildman–Crippen MR) is 213 cm³/mol. The molecule has 0 fully saturated rings. The molecular weight excluding hydrogens is 605 g/mol. The minimum Gasteiger partial charge on any atom is -0.310 e. The Labute approximate surface area is 290 Å². The van der Waals surface area contributed by atoms with Crippen LogP contribution < -0.4 is 4.90 Å². The van der Waals surface area contributed by atoms with Crippen molar-refractivity contribution in [3.63, 3.8) is 0 Å². The lowest BCUT2D eigenvalue weighted by atomic mass is 9.94. The van der Waals surface area contributed by atoms with Gasteiger partial charge in [0.2, 0.25) is 0 Å². The van der Waals surface area contributed by atoms with Gasteiger partial charge >= 0.3 is 0 Å². The molecule has 0 amide bonds. The largest absolute Gasteiger partial charge is 0.310 e. The van der Waals surface area contributed by atoms with Gasteiger partial charge in [-0.1, -0.05) is 140 Å². The topological polar surface area (TPSA) is 8.17 Å². The van der Waals surface area contributed by atoms with E-state index < -0.39 is 0 Å². The van der Waals surface area contributed by atoms with E-state index in [1.165, 1.54) is 65.3 Å². The highest BCUT2D eigenvalue weighted by Gasteiger charge is 2.18. The summed E-state index contributed by atoms with van der Waals surface area (Å²) in [7, 11) is 0. The van der Waals surface area contributed by atoms with E-state index in [-0.39, 0.29) is 0 Å². The van der Waals surface area contributed by atoms with Crippen LogP contribution in [0.5, 0.6) is 0 Å². The molecule has 50 heavy (non-hydrogen) atoms. The lowest BCUT2D eigenvalue weighted by Gasteiger charge is -2.28. The Morgan fingerprint density at radius 1 is 0.340 bits per heavy atom. The van der Waals surface area contributed by atoms with Crippen molar-refractivity contribution in [2.75, 3.05) is 4.90 Å². The van der Waals surface area contributed by atoms with Gasteiger partial charge in [-0.3, -0.25) is 0 Å². The summed E-state index contributed by atoms with van der Waals surface area (Å²) in [5, 5.41) is 10.1. The van der Waals surface area contributed by atoms with Gasteiger partial charge in [0, 0.05) is 33.2 Å². The summed E-state index contributed by atoms with van der Waals surface area (Å²) >= 11 is 0. The summed E-state index contributed by atoms with van der Waals surface area (Å²) < 4.78 is 2.37. The maximum atomic E-state index is 2.39. The van der Waals surface area contributed by atoms with E-state index >= 15 is 0 Å². The molecule has 0 unspecified atom stereocenters. The Morgan fingerprint density at radius 3 is 1.52 bits per heavy atom. The Kier molecular flexibility index (Phi) is 6.53. The van der Waals surface area contributed by atoms with Crippen LogP contribution in [0.2, 0.25) is 0 Å². The standard InChI is InChI=1S/C48H32N2/c1-2-13-37(14-3-1)49(47-32-36-23-22-35-12-4-5-15-40(35)48(36)44-19-7-6-18-43(44)47)38-28-24-33(25-29-38)34-26-30-39(31-27-34)50-45-20-10-8-16-41(45)42-17-9-11-21-46(42)50/h1-32H. The third-order valence-corrected chi connectivity index (χ3v) is 10.1. The highest BCUT2D eigenvalue weighted by atomic mass is 15.1. The molecule has 0 spiro atoms. The zero-order valence-electron chi connectivity index (χ0n) is 27.4. The molecule has 1 heterocycles. The SMILES string of the molecule is c1ccc(N(c2ccc(-c3ccc(-n4c5ccccc5c5ccccc54)cc3)cc2)c2cc3ccc4ccccc4c3c3ccccc23)cc1. The van der Waals surface area contributed by atoms with Crippen LogP contribution in [0.1, 0.15) is 0 Å². The average molecular weight is 637 g/mol. The number of hydrogen-bond donors (Lipinski definition) is 0. The van der Waals surface area contributed by atoms with E-state index in [1.54, 1.807) is 0 Å². The van der Waals surface area contributed by atoms with Crippen LogP contribution in [0.4, 0.5) is 17.1 Å². The highest BCUT2D eigenvalue weighted by Crippen LogP contribution is 2.44. The third kappa shape index (κ3) is 4.50. The summed E-state index contributed by atoms with van der Waals surface area (Å²) in [5.74, 6) is 0. The predicted octanol–water partition coefficient (Wildman–Crippen LogP) is 13.4. The zero-order valence-corrected chi connectivity index (χ0v) is 27.4. The van der Waals surface area contributed by atoms with Gasteiger partial charge in [0.15, 0.2) is 0 Å². The molecule has 0 bridgehead atoms. The highest BCUT2D eigenvalue weighted by molar-refractivity contribution is 6.23. The summed E-state index contributed by atoms with van der Waals surface area (Å²) in [5.41, 5.74) is 9.39. The van der Waals surface area contributed by atoms with Crippen molar-refractivity contribution in [2.45, 2.75) is 0 Å². The van der Waals surface area contributed by atoms with Crippen LogP contribution in [-0.2, 0) is 0 Å². The van der Waals surface area contributed by atoms with Crippen molar-refractivity contribution < 1.29 is 0 Å². The van der Waals surface area contributed by atoms with Crippen molar-refractivity contribution in [3.8, 4) is 16.8 Å². The van der Waals surface area contributed by atoms with Crippen molar-refractivity contribution in [1.29, 1.82) is 0 Å². The van der Waals surface area contributed by atoms with Gasteiger partial charge in [-0.25, -0.2) is 0 Å². The molecule has 1 aromatic heterocycles. The fourth-order valence-corrected chi connectivity index (χ4v) is 7.85. The van der Waals surface area contributed by atoms with Crippen molar-refractivity contribution >= 4 is 71.2 Å². The average Bonchev–Trinajstić information content (AvgIpc) is 3.53. The number of aromatic nitrogens is 1. The Bertz CT molecular complexity index is 2790. The molecule has 0 N–H and O–H groups in total. The first-order valence-electron chi connectivity index (χ1n) is 17.2. The smallest absolute Gasteiger partial charge is 0.0546 e. The van der Waals surface area contributed by atoms with Gasteiger partial charge in [0.1, 0.15) is 0 Å². The normalized spacial score (nSPS) is 11.6. The van der Waals surface area contributed by atoms with E-state index in [0.29, 0.717) is 0 Å². The van der Waals surface area contributed by atoms with Gasteiger partial charge in [0.05, 0.1) is 16.7 Å². The van der Waals surface area contributed by atoms with E-state index in [1.807, 2.05) is 0 Å². The van der Waals surface area contributed by atoms with Crippen LogP contribution in [0.15, 0.2) is 194 Å². The van der Waals surface area contributed by atoms with Crippen molar-refractivity contribution in [3.05, 3.63) is 194 Å². The van der Waals surface area contributed by atoms with Crippen molar-refractivity contribution in [1.82, 2.24) is 4.57 Å². The lowest BCUT2D eigenvalue weighted by molar-refractivity contribution is 1.18. The molecule has 2 nitrogen and oxygen atoms in total. The summed E-state index contributed by atoms with van der Waals surface area (Å²) in [6, 6.07) is 70.4. The van der Waals surface area contributed by atoms with E-state index in [9.17, 15) is 0 Å². The fourth-order valence-electron chi connectivity index (χ4n) is 7.85. The zero-order chi connectivity index (χ0) is 33.0. The fraction of sp³-hybridized carbons (Fsp3) is 0. The molecule has 10 aromatic rings. The molecule has 0 aliphatic heterocycles. The van der Waals surface area contributed by atoms with Gasteiger partial charge in [0.25, 0.3) is 0 Å². The lowest BCUT2D eigenvalue weighted by Crippen LogP contribution is -2.10. The van der Waals surface area contributed by atoms with Crippen LogP contribution >= 0.6 is 0 Å². The summed E-state index contributed by atoms with van der Waals surface area (Å²) in [6.45, 7) is 0. The van der Waals surface area contributed by atoms with E-state index in [0.717, 1.165) is 22.7 Å². The van der Waals surface area contributed by atoms with Crippen LogP contribution in [0.25, 0.3) is 70.9 Å². The Morgan fingerprint density at radius 2 is 0.840 bits per heavy atom. The molecule has 0 aliphatic carbocycles. The molecule has 0 saturated carbocycles. The molecule has 0 atom stereocenters. The molecule has 10 rings (SSSR count). The minimum atomic E-state index is 1.12. The minimum absolute atomic E-state index is 1.12. The van der Waals surface area contributed by atoms with Gasteiger partial charge in [-0.05, 0) is 92.7 Å². The summed E-state index contributed by atoms with van der Waals surface area (Å²) in [6.07, 6.45) is 0. The van der Waals surface area contributed by atoms with E-state index in [4.69, 9.17) is 0 Å². The molecule has 0 aliphatic rings. The second kappa shape index (κ2) is 11.5. The quantitative estimate of drug-likeness (QED) is 0.171. The molecule has 0 radical (unpaired) electrons.